The van der Waals surface area contributed by atoms with Crippen LogP contribution in [0.2, 0.25) is 0 Å². The van der Waals surface area contributed by atoms with Gasteiger partial charge in [-0.1, -0.05) is 36.0 Å². The Morgan fingerprint density at radius 1 is 1.38 bits per heavy atom. The fourth-order valence-electron chi connectivity index (χ4n) is 3.28. The van der Waals surface area contributed by atoms with Crippen LogP contribution in [-0.2, 0) is 12.8 Å². The van der Waals surface area contributed by atoms with Gasteiger partial charge in [0.2, 0.25) is 0 Å². The molecule has 5 heteroatoms. The summed E-state index contributed by atoms with van der Waals surface area (Å²) in [6, 6.07) is 7.99. The summed E-state index contributed by atoms with van der Waals surface area (Å²) in [5.74, 6) is 0.731. The number of hydrogen-bond acceptors (Lipinski definition) is 4. The molecule has 122 valence electrons. The third-order valence-corrected chi connectivity index (χ3v) is 6.51. The normalized spacial score (nSPS) is 13.4. The van der Waals surface area contributed by atoms with Gasteiger partial charge in [0.15, 0.2) is 5.16 Å². The van der Waals surface area contributed by atoms with Crippen molar-refractivity contribution in [3.05, 3.63) is 63.3 Å². The fraction of sp³-hybridized carbons (Fsp3) is 0.263. The molecule has 0 unspecified atom stereocenters. The van der Waals surface area contributed by atoms with Gasteiger partial charge < -0.3 is 0 Å². The Morgan fingerprint density at radius 2 is 2.21 bits per heavy atom. The van der Waals surface area contributed by atoms with Gasteiger partial charge in [-0.25, -0.2) is 4.98 Å². The van der Waals surface area contributed by atoms with E-state index in [4.69, 9.17) is 4.98 Å². The van der Waals surface area contributed by atoms with Crippen molar-refractivity contribution in [1.29, 1.82) is 0 Å². The Labute approximate surface area is 149 Å². The number of aromatic nitrogens is 2. The van der Waals surface area contributed by atoms with E-state index in [1.54, 1.807) is 27.7 Å². The topological polar surface area (TPSA) is 34.9 Å². The Bertz CT molecular complexity index is 1000. The summed E-state index contributed by atoms with van der Waals surface area (Å²) in [5.41, 5.74) is 3.30. The predicted molar refractivity (Wildman–Crippen MR) is 103 cm³/mol. The quantitative estimate of drug-likeness (QED) is 0.392. The second kappa shape index (κ2) is 6.22. The van der Waals surface area contributed by atoms with Gasteiger partial charge in [0, 0.05) is 10.6 Å². The Kier molecular flexibility index (Phi) is 4.06. The third-order valence-electron chi connectivity index (χ3n) is 4.39. The van der Waals surface area contributed by atoms with Gasteiger partial charge in [-0.05, 0) is 43.4 Å². The molecular formula is C19H18N2OS2. The third kappa shape index (κ3) is 2.43. The predicted octanol–water partition coefficient (Wildman–Crippen LogP) is 4.52. The minimum atomic E-state index is 0.0697. The van der Waals surface area contributed by atoms with Crippen LogP contribution >= 0.6 is 23.1 Å². The van der Waals surface area contributed by atoms with E-state index in [1.807, 2.05) is 37.3 Å². The van der Waals surface area contributed by atoms with Gasteiger partial charge >= 0.3 is 0 Å². The van der Waals surface area contributed by atoms with Crippen molar-refractivity contribution in [3.63, 3.8) is 0 Å². The second-order valence-electron chi connectivity index (χ2n) is 5.96. The molecule has 0 saturated carbocycles. The largest absolute Gasteiger partial charge is 0.268 e. The molecule has 0 bridgehead atoms. The molecule has 2 aromatic heterocycles. The molecule has 4 rings (SSSR count). The van der Waals surface area contributed by atoms with Crippen molar-refractivity contribution < 1.29 is 0 Å². The first kappa shape index (κ1) is 15.7. The molecule has 0 atom stereocenters. The van der Waals surface area contributed by atoms with Crippen LogP contribution in [0, 0.1) is 6.92 Å². The van der Waals surface area contributed by atoms with Crippen LogP contribution in [0.15, 0.2) is 46.9 Å². The highest BCUT2D eigenvalue weighted by Gasteiger charge is 2.24. The van der Waals surface area contributed by atoms with Crippen LogP contribution < -0.4 is 5.56 Å². The lowest BCUT2D eigenvalue weighted by Gasteiger charge is -2.14. The lowest BCUT2D eigenvalue weighted by atomic mass is 10.2. The summed E-state index contributed by atoms with van der Waals surface area (Å²) in [4.78, 5) is 20.5. The second-order valence-corrected chi connectivity index (χ2v) is 8.03. The highest BCUT2D eigenvalue weighted by Crippen LogP contribution is 2.36. The number of thiophene rings is 1. The van der Waals surface area contributed by atoms with E-state index >= 15 is 0 Å². The first-order chi connectivity index (χ1) is 11.7. The van der Waals surface area contributed by atoms with Crippen LogP contribution in [-0.4, -0.2) is 15.3 Å². The van der Waals surface area contributed by atoms with Gasteiger partial charge in [-0.3, -0.25) is 9.36 Å². The maximum Gasteiger partial charge on any atom is 0.267 e. The molecule has 1 aliphatic rings. The maximum absolute atomic E-state index is 13.4. The first-order valence-electron chi connectivity index (χ1n) is 8.07. The number of para-hydroxylation sites is 1. The van der Waals surface area contributed by atoms with Crippen molar-refractivity contribution in [2.24, 2.45) is 0 Å². The molecule has 24 heavy (non-hydrogen) atoms. The summed E-state index contributed by atoms with van der Waals surface area (Å²) in [6.45, 7) is 5.82. The number of fused-ring (bicyclic) bond motifs is 3. The summed E-state index contributed by atoms with van der Waals surface area (Å²) < 4.78 is 1.79. The van der Waals surface area contributed by atoms with E-state index in [9.17, 15) is 4.79 Å². The summed E-state index contributed by atoms with van der Waals surface area (Å²) in [7, 11) is 0. The van der Waals surface area contributed by atoms with E-state index in [-0.39, 0.29) is 5.56 Å². The standard InChI is InChI=1S/C19H18N2OS2/c1-3-11-23-19-20-17-16(13-8-6-10-15(13)24-17)18(22)21(19)14-9-5-4-7-12(14)2/h3-5,7,9H,1,6,8,10-11H2,2H3. The average Bonchev–Trinajstić information content (AvgIpc) is 3.14. The van der Waals surface area contributed by atoms with Crippen LogP contribution in [0.3, 0.4) is 0 Å². The zero-order chi connectivity index (χ0) is 16.7. The first-order valence-corrected chi connectivity index (χ1v) is 9.88. The van der Waals surface area contributed by atoms with Crippen molar-refractivity contribution in [1.82, 2.24) is 9.55 Å². The average molecular weight is 355 g/mol. The smallest absolute Gasteiger partial charge is 0.267 e. The van der Waals surface area contributed by atoms with E-state index in [1.165, 1.54) is 10.4 Å². The fourth-order valence-corrected chi connectivity index (χ4v) is 5.32. The Hall–Kier alpha value is -1.85. The van der Waals surface area contributed by atoms with Crippen molar-refractivity contribution in [2.75, 3.05) is 5.75 Å². The number of thioether (sulfide) groups is 1. The SMILES string of the molecule is C=CCSc1nc2sc3c(c2c(=O)n1-c1ccccc1C)CCC3. The zero-order valence-corrected chi connectivity index (χ0v) is 15.2. The minimum absolute atomic E-state index is 0.0697. The molecule has 0 spiro atoms. The number of rotatable bonds is 4. The zero-order valence-electron chi connectivity index (χ0n) is 13.5. The van der Waals surface area contributed by atoms with E-state index < -0.39 is 0 Å². The van der Waals surface area contributed by atoms with Gasteiger partial charge in [0.25, 0.3) is 5.56 Å². The monoisotopic (exact) mass is 354 g/mol. The number of hydrogen-bond donors (Lipinski definition) is 0. The number of aryl methyl sites for hydroxylation is 3. The molecular weight excluding hydrogens is 336 g/mol. The molecule has 0 radical (unpaired) electrons. The lowest BCUT2D eigenvalue weighted by Crippen LogP contribution is -2.22. The molecule has 0 fully saturated rings. The molecule has 0 aliphatic heterocycles. The molecule has 1 aliphatic carbocycles. The van der Waals surface area contributed by atoms with E-state index in [2.05, 4.69) is 6.58 Å². The van der Waals surface area contributed by atoms with Gasteiger partial charge in [0.05, 0.1) is 11.1 Å². The molecule has 0 N–H and O–H groups in total. The molecule has 0 amide bonds. The lowest BCUT2D eigenvalue weighted by molar-refractivity contribution is 0.816. The Morgan fingerprint density at radius 3 is 3.00 bits per heavy atom. The number of nitrogens with zero attached hydrogens (tertiary/aromatic N) is 2. The van der Waals surface area contributed by atoms with Crippen molar-refractivity contribution in [3.8, 4) is 5.69 Å². The molecule has 3 nitrogen and oxygen atoms in total. The molecule has 2 heterocycles. The highest BCUT2D eigenvalue weighted by atomic mass is 32.2. The van der Waals surface area contributed by atoms with Crippen molar-refractivity contribution in [2.45, 2.75) is 31.3 Å². The van der Waals surface area contributed by atoms with Gasteiger partial charge in [-0.15, -0.1) is 17.9 Å². The van der Waals surface area contributed by atoms with E-state index in [0.29, 0.717) is 0 Å². The summed E-state index contributed by atoms with van der Waals surface area (Å²) in [6.07, 6.45) is 5.07. The van der Waals surface area contributed by atoms with Gasteiger partial charge in [-0.2, -0.15) is 0 Å². The van der Waals surface area contributed by atoms with Crippen molar-refractivity contribution >= 4 is 33.3 Å². The molecule has 1 aromatic carbocycles. The maximum atomic E-state index is 13.4. The van der Waals surface area contributed by atoms with Crippen LogP contribution in [0.5, 0.6) is 0 Å². The Balaban J connectivity index is 2.05. The molecule has 3 aromatic rings. The minimum Gasteiger partial charge on any atom is -0.268 e. The highest BCUT2D eigenvalue weighted by molar-refractivity contribution is 7.99. The van der Waals surface area contributed by atoms with E-state index in [0.717, 1.165) is 51.6 Å². The van der Waals surface area contributed by atoms with Crippen LogP contribution in [0.4, 0.5) is 0 Å². The van der Waals surface area contributed by atoms with Gasteiger partial charge in [0.1, 0.15) is 4.83 Å². The van der Waals surface area contributed by atoms with Crippen LogP contribution in [0.25, 0.3) is 15.9 Å². The summed E-state index contributed by atoms with van der Waals surface area (Å²) >= 11 is 3.25. The summed E-state index contributed by atoms with van der Waals surface area (Å²) in [5, 5.41) is 1.58. The molecule has 0 saturated heterocycles. The van der Waals surface area contributed by atoms with Crippen LogP contribution in [0.1, 0.15) is 22.4 Å². The number of benzene rings is 1.